The third kappa shape index (κ3) is 7.19. The maximum atomic E-state index is 9.91. The van der Waals surface area contributed by atoms with Crippen LogP contribution in [0.3, 0.4) is 0 Å². The van der Waals surface area contributed by atoms with Crippen molar-refractivity contribution < 1.29 is 43.8 Å². The summed E-state index contributed by atoms with van der Waals surface area (Å²) in [7, 11) is 0.394. The van der Waals surface area contributed by atoms with Crippen molar-refractivity contribution in [1.82, 2.24) is 0 Å². The molecule has 13 heteroatoms. The molecule has 0 aromatic carbocycles. The quantitative estimate of drug-likeness (QED) is 0.534. The van der Waals surface area contributed by atoms with Gasteiger partial charge in [0.15, 0.2) is 16.5 Å². The van der Waals surface area contributed by atoms with E-state index in [2.05, 4.69) is 14.5 Å². The molecule has 0 bridgehead atoms. The summed E-state index contributed by atoms with van der Waals surface area (Å²) in [4.78, 5) is 19.8. The molecule has 0 aliphatic rings. The van der Waals surface area contributed by atoms with E-state index in [9.17, 15) is 9.79 Å². The van der Waals surface area contributed by atoms with E-state index in [-0.39, 0.29) is 19.5 Å². The Morgan fingerprint density at radius 2 is 0.923 bits per heavy atom. The van der Waals surface area contributed by atoms with Crippen molar-refractivity contribution in [1.29, 1.82) is 0 Å². The van der Waals surface area contributed by atoms with Gasteiger partial charge in [-0.3, -0.25) is 0 Å². The fourth-order valence-electron chi connectivity index (χ4n) is 0.174. The predicted molar refractivity (Wildman–Crippen MR) is 44.9 cm³/mol. The van der Waals surface area contributed by atoms with Crippen molar-refractivity contribution in [3.8, 4) is 0 Å². The molecular formula is O6P2S4Zn. The van der Waals surface area contributed by atoms with Gasteiger partial charge < -0.3 is 24.3 Å². The van der Waals surface area contributed by atoms with Gasteiger partial charge in [0.25, 0.3) is 0 Å². The van der Waals surface area contributed by atoms with Crippen LogP contribution in [0.25, 0.3) is 0 Å². The molecule has 2 rings (SSSR count). The summed E-state index contributed by atoms with van der Waals surface area (Å²) in [6.45, 7) is 0. The smallest absolute Gasteiger partial charge is 0.749 e. The first-order valence-electron chi connectivity index (χ1n) is 2.10. The second kappa shape index (κ2) is 8.53. The predicted octanol–water partition coefficient (Wildman–Crippen LogP) is 2.46. The van der Waals surface area contributed by atoms with E-state index in [4.69, 9.17) is 0 Å². The molecule has 72 valence electrons. The number of rotatable bonds is 0. The molecule has 6 nitrogen and oxygen atoms in total. The Labute approximate surface area is 102 Å². The van der Waals surface area contributed by atoms with Gasteiger partial charge in [-0.2, -0.15) is 0 Å². The largest absolute Gasteiger partial charge is 2.00 e. The molecule has 2 aromatic rings. The van der Waals surface area contributed by atoms with Gasteiger partial charge >= 0.3 is 19.5 Å². The summed E-state index contributed by atoms with van der Waals surface area (Å²) in [5, 5.41) is 0. The summed E-state index contributed by atoms with van der Waals surface area (Å²) in [5.74, 6) is 0. The van der Waals surface area contributed by atoms with Gasteiger partial charge in [0, 0.05) is 0 Å². The van der Waals surface area contributed by atoms with E-state index in [1.165, 1.54) is 0 Å². The van der Waals surface area contributed by atoms with Gasteiger partial charge in [0.2, 0.25) is 0 Å². The summed E-state index contributed by atoms with van der Waals surface area (Å²) in [6, 6.07) is 0. The van der Waals surface area contributed by atoms with Crippen LogP contribution in [-0.4, -0.2) is 0 Å². The molecule has 0 radical (unpaired) electrons. The van der Waals surface area contributed by atoms with Crippen LogP contribution in [-0.2, 0) is 19.5 Å². The number of hydrogen-bond acceptors (Lipinski definition) is 10. The molecule has 2 heterocycles. The summed E-state index contributed by atoms with van der Waals surface area (Å²) in [6.07, 6.45) is 0. The number of hydrogen-bond donors (Lipinski definition) is 0. The zero-order chi connectivity index (χ0) is 8.81. The normalized spacial score (nSPS) is 8.15. The first-order chi connectivity index (χ1) is 5.79. The Hall–Kier alpha value is 1.22. The van der Waals surface area contributed by atoms with Crippen LogP contribution in [0.1, 0.15) is 0 Å². The van der Waals surface area contributed by atoms with Crippen LogP contribution < -0.4 is 9.79 Å². The minimum absolute atomic E-state index is 0. The van der Waals surface area contributed by atoms with Crippen LogP contribution >= 0.6 is 59.0 Å². The van der Waals surface area contributed by atoms with Crippen LogP contribution in [0.2, 0.25) is 0 Å². The average molecular weight is 352 g/mol. The summed E-state index contributed by atoms with van der Waals surface area (Å²) >= 11 is 0. The van der Waals surface area contributed by atoms with E-state index in [1.807, 2.05) is 0 Å². The Balaban J connectivity index is 0.000000206. The fourth-order valence-corrected chi connectivity index (χ4v) is 4.70. The van der Waals surface area contributed by atoms with Gasteiger partial charge in [-0.1, -0.05) is 0 Å². The van der Waals surface area contributed by atoms with Crippen LogP contribution in [0, 0.1) is 0 Å². The Morgan fingerprint density at radius 1 is 0.692 bits per heavy atom. The Bertz CT molecular complexity index is 262. The second-order valence-electron chi connectivity index (χ2n) is 1.02. The molecule has 2 aromatic heterocycles. The van der Waals surface area contributed by atoms with Crippen molar-refractivity contribution >= 4 is 59.0 Å². The Kier molecular flexibility index (Phi) is 9.33. The van der Waals surface area contributed by atoms with Crippen LogP contribution in [0.5, 0.6) is 0 Å². The van der Waals surface area contributed by atoms with Gasteiger partial charge in [-0.25, -0.2) is 0 Å². The van der Waals surface area contributed by atoms with E-state index in [1.54, 1.807) is 0 Å². The maximum absolute atomic E-state index is 9.91. The molecule has 0 aliphatic heterocycles. The summed E-state index contributed by atoms with van der Waals surface area (Å²) in [5.41, 5.74) is 0. The summed E-state index contributed by atoms with van der Waals surface area (Å²) < 4.78 is 17.3. The van der Waals surface area contributed by atoms with E-state index in [0.717, 1.165) is 42.5 Å². The molecule has 13 heavy (non-hydrogen) atoms. The van der Waals surface area contributed by atoms with Crippen molar-refractivity contribution in [2.45, 2.75) is 0 Å². The van der Waals surface area contributed by atoms with E-state index >= 15 is 0 Å². The minimum atomic E-state index is -1.79. The maximum Gasteiger partial charge on any atom is 2.00 e. The molecule has 0 fully saturated rings. The molecule has 0 saturated heterocycles. The van der Waals surface area contributed by atoms with Crippen molar-refractivity contribution in [2.75, 3.05) is 0 Å². The molecule has 0 spiro atoms. The van der Waals surface area contributed by atoms with Gasteiger partial charge in [-0.15, -0.1) is 0 Å². The monoisotopic (exact) mass is 350 g/mol. The molecular weight excluding hydrogens is 352 g/mol. The molecule has 0 aliphatic carbocycles. The molecule has 0 unspecified atom stereocenters. The van der Waals surface area contributed by atoms with Crippen LogP contribution in [0.15, 0.2) is 14.5 Å². The van der Waals surface area contributed by atoms with Gasteiger partial charge in [0.1, 0.15) is 42.5 Å². The van der Waals surface area contributed by atoms with Crippen molar-refractivity contribution in [2.24, 2.45) is 0 Å². The minimum Gasteiger partial charge on any atom is -0.749 e. The first-order valence-corrected chi connectivity index (χ1v) is 8.29. The standard InChI is InChI=1S/2O3PS2.Zn/c2*1-4-2-5-6-3-4;/q2*-1;+2. The van der Waals surface area contributed by atoms with Crippen LogP contribution in [0.4, 0.5) is 0 Å². The average Bonchev–Trinajstić information content (AvgIpc) is 2.63. The Morgan fingerprint density at radius 3 is 1.00 bits per heavy atom. The zero-order valence-corrected chi connectivity index (χ0v) is 13.7. The fraction of sp³-hybridized carbons (Fsp3) is 0. The van der Waals surface area contributed by atoms with E-state index in [0.29, 0.717) is 0 Å². The third-order valence-electron chi connectivity index (χ3n) is 0.421. The first kappa shape index (κ1) is 14.2. The van der Waals surface area contributed by atoms with E-state index < -0.39 is 16.5 Å². The second-order valence-corrected chi connectivity index (χ2v) is 6.47. The topological polar surface area (TPSA) is 98.7 Å². The van der Waals surface area contributed by atoms with Crippen molar-refractivity contribution in [3.63, 3.8) is 0 Å². The van der Waals surface area contributed by atoms with Gasteiger partial charge in [-0.05, 0) is 0 Å². The molecule has 0 saturated carbocycles. The molecule has 0 N–H and O–H groups in total. The van der Waals surface area contributed by atoms with Gasteiger partial charge in [0.05, 0.1) is 0 Å². The molecule has 0 atom stereocenters. The zero-order valence-electron chi connectivity index (χ0n) is 5.68. The molecule has 0 amide bonds. The van der Waals surface area contributed by atoms with Crippen molar-refractivity contribution in [3.05, 3.63) is 0 Å². The SMILES string of the molecule is [O-]p1osso1.[O-]p1osso1.[Zn+2]. The third-order valence-corrected chi connectivity index (χ3v) is 5.98.